The van der Waals surface area contributed by atoms with Gasteiger partial charge >= 0.3 is 0 Å². The van der Waals surface area contributed by atoms with E-state index in [0.717, 1.165) is 11.1 Å². The molecule has 122 valence electrons. The Bertz CT molecular complexity index is 800. The Kier molecular flexibility index (Phi) is 4.59. The van der Waals surface area contributed by atoms with E-state index in [1.165, 1.54) is 12.1 Å². The van der Waals surface area contributed by atoms with Crippen molar-refractivity contribution in [3.05, 3.63) is 29.3 Å². The number of hydrazine groups is 1. The van der Waals surface area contributed by atoms with Crippen molar-refractivity contribution in [2.75, 3.05) is 11.5 Å². The number of hydrogen-bond acceptors (Lipinski definition) is 5. The van der Waals surface area contributed by atoms with E-state index in [0.29, 0.717) is 0 Å². The van der Waals surface area contributed by atoms with E-state index in [1.54, 1.807) is 13.0 Å². The van der Waals surface area contributed by atoms with Gasteiger partial charge in [-0.1, -0.05) is 6.07 Å². The van der Waals surface area contributed by atoms with Crippen LogP contribution < -0.4 is 10.3 Å². The van der Waals surface area contributed by atoms with E-state index in [4.69, 9.17) is 0 Å². The van der Waals surface area contributed by atoms with Crippen molar-refractivity contribution in [1.29, 1.82) is 0 Å². The number of carbonyl (C=O) groups is 1. The summed E-state index contributed by atoms with van der Waals surface area (Å²) in [7, 11) is -7.08. The number of hydrogen-bond donors (Lipinski definition) is 2. The third kappa shape index (κ3) is 3.84. The van der Waals surface area contributed by atoms with E-state index in [2.05, 4.69) is 5.43 Å². The molecule has 1 amide bonds. The first-order valence-corrected chi connectivity index (χ1v) is 10.0. The van der Waals surface area contributed by atoms with Gasteiger partial charge in [0.1, 0.15) is 0 Å². The van der Waals surface area contributed by atoms with Gasteiger partial charge in [0.15, 0.2) is 9.84 Å². The van der Waals surface area contributed by atoms with Gasteiger partial charge in [-0.2, -0.15) is 0 Å². The lowest BCUT2D eigenvalue weighted by atomic mass is 10.1. The first-order valence-electron chi connectivity index (χ1n) is 6.70. The summed E-state index contributed by atoms with van der Waals surface area (Å²) in [6, 6.07) is 4.62. The van der Waals surface area contributed by atoms with Crippen LogP contribution in [0.2, 0.25) is 0 Å². The highest BCUT2D eigenvalue weighted by molar-refractivity contribution is 7.91. The Labute approximate surface area is 130 Å². The van der Waals surface area contributed by atoms with Crippen LogP contribution in [0.25, 0.3) is 0 Å². The summed E-state index contributed by atoms with van der Waals surface area (Å²) in [5.41, 5.74) is 3.87. The van der Waals surface area contributed by atoms with Crippen LogP contribution >= 0.6 is 0 Å². The second kappa shape index (κ2) is 5.98. The van der Waals surface area contributed by atoms with Crippen LogP contribution in [0, 0.1) is 19.8 Å². The standard InChI is InChI=1S/C13H18N2O5S2/c1-9-3-4-12(7-10(9)2)22(19,20)15-14-13(16)11-5-6-21(17,18)8-11/h3-4,7,11,15H,5-6,8H2,1-2H3,(H,14,16)/t11-/m0/s1. The maximum Gasteiger partial charge on any atom is 0.257 e. The minimum absolute atomic E-state index is 0.0370. The molecule has 1 heterocycles. The fourth-order valence-electron chi connectivity index (χ4n) is 2.16. The van der Waals surface area contributed by atoms with Crippen molar-refractivity contribution < 1.29 is 21.6 Å². The highest BCUT2D eigenvalue weighted by Gasteiger charge is 2.33. The lowest BCUT2D eigenvalue weighted by Crippen LogP contribution is -2.44. The number of aryl methyl sites for hydroxylation is 2. The van der Waals surface area contributed by atoms with Crippen molar-refractivity contribution in [3.63, 3.8) is 0 Å². The Morgan fingerprint density at radius 2 is 1.91 bits per heavy atom. The number of rotatable bonds is 4. The topological polar surface area (TPSA) is 109 Å². The zero-order chi connectivity index (χ0) is 16.5. The molecule has 0 bridgehead atoms. The van der Waals surface area contributed by atoms with Crippen molar-refractivity contribution >= 4 is 25.8 Å². The zero-order valence-electron chi connectivity index (χ0n) is 12.3. The molecule has 0 aromatic heterocycles. The van der Waals surface area contributed by atoms with Crippen LogP contribution in [0.5, 0.6) is 0 Å². The molecule has 0 spiro atoms. The predicted octanol–water partition coefficient (Wildman–Crippen LogP) is 0.0476. The first-order chi connectivity index (χ1) is 10.1. The molecule has 1 fully saturated rings. The Morgan fingerprint density at radius 1 is 1.23 bits per heavy atom. The molecular formula is C13H18N2O5S2. The number of benzene rings is 1. The molecule has 1 aliphatic heterocycles. The smallest absolute Gasteiger partial charge is 0.257 e. The van der Waals surface area contributed by atoms with Crippen molar-refractivity contribution in [1.82, 2.24) is 10.3 Å². The Hall–Kier alpha value is -1.45. The van der Waals surface area contributed by atoms with Gasteiger partial charge in [0, 0.05) is 0 Å². The second-order valence-electron chi connectivity index (χ2n) is 5.44. The lowest BCUT2D eigenvalue weighted by Gasteiger charge is -2.12. The molecule has 0 unspecified atom stereocenters. The van der Waals surface area contributed by atoms with E-state index in [1.807, 2.05) is 11.8 Å². The zero-order valence-corrected chi connectivity index (χ0v) is 13.9. The van der Waals surface area contributed by atoms with Gasteiger partial charge in [0.25, 0.3) is 10.0 Å². The Balaban J connectivity index is 2.04. The monoisotopic (exact) mass is 346 g/mol. The number of carbonyl (C=O) groups excluding carboxylic acids is 1. The molecule has 2 N–H and O–H groups in total. The molecule has 1 atom stereocenters. The van der Waals surface area contributed by atoms with Crippen LogP contribution in [0.15, 0.2) is 23.1 Å². The average molecular weight is 346 g/mol. The highest BCUT2D eigenvalue weighted by atomic mass is 32.2. The molecule has 2 rings (SSSR count). The number of sulfone groups is 1. The van der Waals surface area contributed by atoms with E-state index in [-0.39, 0.29) is 22.8 Å². The highest BCUT2D eigenvalue weighted by Crippen LogP contribution is 2.18. The SMILES string of the molecule is Cc1ccc(S(=O)(=O)NNC(=O)[C@H]2CCS(=O)(=O)C2)cc1C. The molecule has 22 heavy (non-hydrogen) atoms. The maximum absolute atomic E-state index is 12.1. The summed E-state index contributed by atoms with van der Waals surface area (Å²) in [6.07, 6.45) is 0.208. The van der Waals surface area contributed by atoms with Gasteiger partial charge in [0.05, 0.1) is 22.3 Å². The summed E-state index contributed by atoms with van der Waals surface area (Å²) in [5, 5.41) is 0. The molecule has 1 saturated heterocycles. The van der Waals surface area contributed by atoms with Gasteiger partial charge < -0.3 is 0 Å². The van der Waals surface area contributed by atoms with Crippen LogP contribution in [0.4, 0.5) is 0 Å². The minimum atomic E-state index is -3.88. The number of sulfonamides is 1. The lowest BCUT2D eigenvalue weighted by molar-refractivity contribution is -0.124. The van der Waals surface area contributed by atoms with Gasteiger partial charge in [-0.3, -0.25) is 10.2 Å². The van der Waals surface area contributed by atoms with Gasteiger partial charge in [-0.05, 0) is 43.5 Å². The van der Waals surface area contributed by atoms with Crippen LogP contribution in [-0.4, -0.2) is 34.2 Å². The number of nitrogens with one attached hydrogen (secondary N) is 2. The average Bonchev–Trinajstić information content (AvgIpc) is 2.79. The van der Waals surface area contributed by atoms with E-state index >= 15 is 0 Å². The minimum Gasteiger partial charge on any atom is -0.277 e. The van der Waals surface area contributed by atoms with Crippen LogP contribution in [0.1, 0.15) is 17.5 Å². The predicted molar refractivity (Wildman–Crippen MR) is 81.1 cm³/mol. The van der Waals surface area contributed by atoms with Crippen LogP contribution in [-0.2, 0) is 24.7 Å². The van der Waals surface area contributed by atoms with Crippen molar-refractivity contribution in [3.8, 4) is 0 Å². The molecule has 1 aromatic rings. The quantitative estimate of drug-likeness (QED) is 0.749. The maximum atomic E-state index is 12.1. The summed E-state index contributed by atoms with van der Waals surface area (Å²) in [5.74, 6) is -1.64. The van der Waals surface area contributed by atoms with Gasteiger partial charge in [0.2, 0.25) is 5.91 Å². The molecule has 1 aromatic carbocycles. The van der Waals surface area contributed by atoms with E-state index in [9.17, 15) is 21.6 Å². The van der Waals surface area contributed by atoms with Crippen LogP contribution in [0.3, 0.4) is 0 Å². The largest absolute Gasteiger partial charge is 0.277 e. The molecular weight excluding hydrogens is 328 g/mol. The fraction of sp³-hybridized carbons (Fsp3) is 0.462. The summed E-state index contributed by atoms with van der Waals surface area (Å²) < 4.78 is 46.8. The second-order valence-corrected chi connectivity index (χ2v) is 9.35. The normalized spacial score (nSPS) is 20.7. The van der Waals surface area contributed by atoms with Gasteiger partial charge in [-0.15, -0.1) is 4.83 Å². The Morgan fingerprint density at radius 3 is 2.45 bits per heavy atom. The summed E-state index contributed by atoms with van der Waals surface area (Å²) in [6.45, 7) is 3.65. The molecule has 9 heteroatoms. The van der Waals surface area contributed by atoms with Crippen molar-refractivity contribution in [2.45, 2.75) is 25.2 Å². The third-order valence-corrected chi connectivity index (χ3v) is 6.71. The first kappa shape index (κ1) is 16.9. The molecule has 1 aliphatic rings. The van der Waals surface area contributed by atoms with Gasteiger partial charge in [-0.25, -0.2) is 16.8 Å². The molecule has 0 radical (unpaired) electrons. The van der Waals surface area contributed by atoms with Crippen molar-refractivity contribution in [2.24, 2.45) is 5.92 Å². The summed E-state index contributed by atoms with van der Waals surface area (Å²) >= 11 is 0. The fourth-order valence-corrected chi connectivity index (χ4v) is 4.83. The summed E-state index contributed by atoms with van der Waals surface area (Å²) in [4.78, 5) is 13.9. The molecule has 0 saturated carbocycles. The molecule has 0 aliphatic carbocycles. The molecule has 7 nitrogen and oxygen atoms in total. The third-order valence-electron chi connectivity index (χ3n) is 3.70. The van der Waals surface area contributed by atoms with E-state index < -0.39 is 31.7 Å². The number of amides is 1.